The molecule has 1 aliphatic rings. The molecule has 1 fully saturated rings. The van der Waals surface area contributed by atoms with E-state index in [1.807, 2.05) is 0 Å². The Balaban J connectivity index is 2.00. The number of rotatable bonds is 5. The van der Waals surface area contributed by atoms with Crippen LogP contribution in [0.3, 0.4) is 0 Å². The van der Waals surface area contributed by atoms with Gasteiger partial charge in [-0.3, -0.25) is 0 Å². The normalized spacial score (nSPS) is 19.9. The Bertz CT molecular complexity index is 414. The van der Waals surface area contributed by atoms with Gasteiger partial charge in [-0.25, -0.2) is 0 Å². The second-order valence-electron chi connectivity index (χ2n) is 6.30. The maximum atomic E-state index is 5.77. The Morgan fingerprint density at radius 2 is 2.00 bits per heavy atom. The number of nitrogens with zero attached hydrogens (tertiary/aromatic N) is 1. The van der Waals surface area contributed by atoms with Crippen LogP contribution in [-0.4, -0.2) is 31.8 Å². The molecule has 0 amide bonds. The van der Waals surface area contributed by atoms with E-state index in [0.29, 0.717) is 6.04 Å². The molecule has 112 valence electrons. The summed E-state index contributed by atoms with van der Waals surface area (Å²) in [5.74, 6) is 0. The molecule has 1 unspecified atom stereocenters. The summed E-state index contributed by atoms with van der Waals surface area (Å²) < 4.78 is 5.77. The zero-order chi connectivity index (χ0) is 14.6. The van der Waals surface area contributed by atoms with E-state index in [1.165, 1.54) is 17.7 Å². The molecule has 0 bridgehead atoms. The predicted molar refractivity (Wildman–Crippen MR) is 85.4 cm³/mol. The lowest BCUT2D eigenvalue weighted by Gasteiger charge is -2.39. The third-order valence-corrected chi connectivity index (χ3v) is 3.88. The van der Waals surface area contributed by atoms with Crippen molar-refractivity contribution in [3.05, 3.63) is 29.8 Å². The maximum absolute atomic E-state index is 5.77. The number of morpholine rings is 1. The van der Waals surface area contributed by atoms with E-state index in [2.05, 4.69) is 62.2 Å². The molecule has 1 aliphatic heterocycles. The molecular weight excluding hydrogens is 248 g/mol. The van der Waals surface area contributed by atoms with Crippen molar-refractivity contribution in [2.75, 3.05) is 31.1 Å². The highest BCUT2D eigenvalue weighted by Crippen LogP contribution is 2.24. The van der Waals surface area contributed by atoms with Gasteiger partial charge in [0.15, 0.2) is 0 Å². The van der Waals surface area contributed by atoms with Gasteiger partial charge in [-0.1, -0.05) is 19.1 Å². The van der Waals surface area contributed by atoms with Crippen LogP contribution in [0.25, 0.3) is 0 Å². The molecule has 20 heavy (non-hydrogen) atoms. The third kappa shape index (κ3) is 3.97. The Kier molecular flexibility index (Phi) is 5.06. The second kappa shape index (κ2) is 6.59. The van der Waals surface area contributed by atoms with Crippen molar-refractivity contribution in [1.82, 2.24) is 5.32 Å². The van der Waals surface area contributed by atoms with Gasteiger partial charge in [0.05, 0.1) is 12.2 Å². The number of hydrogen-bond donors (Lipinski definition) is 1. The third-order valence-electron chi connectivity index (χ3n) is 3.88. The maximum Gasteiger partial charge on any atom is 0.0801 e. The minimum atomic E-state index is -0.0487. The van der Waals surface area contributed by atoms with Crippen molar-refractivity contribution in [2.24, 2.45) is 0 Å². The number of nitrogens with one attached hydrogen (secondary N) is 1. The van der Waals surface area contributed by atoms with Crippen LogP contribution in [-0.2, 0) is 4.74 Å². The van der Waals surface area contributed by atoms with E-state index in [0.717, 1.165) is 26.2 Å². The van der Waals surface area contributed by atoms with Gasteiger partial charge >= 0.3 is 0 Å². The highest BCUT2D eigenvalue weighted by Gasteiger charge is 2.27. The molecule has 2 rings (SSSR count). The number of hydrogen-bond acceptors (Lipinski definition) is 3. The van der Waals surface area contributed by atoms with Crippen molar-refractivity contribution < 1.29 is 4.74 Å². The van der Waals surface area contributed by atoms with E-state index >= 15 is 0 Å². The van der Waals surface area contributed by atoms with Crippen molar-refractivity contribution in [3.8, 4) is 0 Å². The first-order chi connectivity index (χ1) is 9.52. The molecule has 1 aromatic carbocycles. The summed E-state index contributed by atoms with van der Waals surface area (Å²) in [4.78, 5) is 2.41. The van der Waals surface area contributed by atoms with Gasteiger partial charge in [0, 0.05) is 24.8 Å². The summed E-state index contributed by atoms with van der Waals surface area (Å²) in [5, 5.41) is 3.53. The molecule has 1 heterocycles. The SMILES string of the molecule is CCCNC(C)c1ccc(N2CCOC(C)(C)C2)cc1. The van der Waals surface area contributed by atoms with Crippen LogP contribution >= 0.6 is 0 Å². The Labute approximate surface area is 123 Å². The van der Waals surface area contributed by atoms with Gasteiger partial charge in [-0.05, 0) is 51.4 Å². The molecule has 0 aromatic heterocycles. The average molecular weight is 276 g/mol. The second-order valence-corrected chi connectivity index (χ2v) is 6.30. The fourth-order valence-electron chi connectivity index (χ4n) is 2.69. The lowest BCUT2D eigenvalue weighted by molar-refractivity contribution is -0.0276. The fourth-order valence-corrected chi connectivity index (χ4v) is 2.69. The zero-order valence-corrected chi connectivity index (χ0v) is 13.3. The Morgan fingerprint density at radius 1 is 1.30 bits per heavy atom. The summed E-state index contributed by atoms with van der Waals surface area (Å²) in [6.07, 6.45) is 1.17. The van der Waals surface area contributed by atoms with Crippen molar-refractivity contribution in [2.45, 2.75) is 45.8 Å². The van der Waals surface area contributed by atoms with Gasteiger partial charge in [0.1, 0.15) is 0 Å². The summed E-state index contributed by atoms with van der Waals surface area (Å²) in [5.41, 5.74) is 2.61. The molecule has 1 atom stereocenters. The van der Waals surface area contributed by atoms with Gasteiger partial charge < -0.3 is 15.0 Å². The van der Waals surface area contributed by atoms with Crippen LogP contribution in [0.2, 0.25) is 0 Å². The molecule has 3 nitrogen and oxygen atoms in total. The highest BCUT2D eigenvalue weighted by molar-refractivity contribution is 5.48. The number of benzene rings is 1. The van der Waals surface area contributed by atoms with Gasteiger partial charge in [0.25, 0.3) is 0 Å². The molecule has 1 N–H and O–H groups in total. The van der Waals surface area contributed by atoms with E-state index in [-0.39, 0.29) is 5.60 Å². The molecule has 0 saturated carbocycles. The predicted octanol–water partition coefficient (Wildman–Crippen LogP) is 3.36. The molecule has 1 saturated heterocycles. The van der Waals surface area contributed by atoms with E-state index in [4.69, 9.17) is 4.74 Å². The van der Waals surface area contributed by atoms with Gasteiger partial charge in [-0.15, -0.1) is 0 Å². The standard InChI is InChI=1S/C17H28N2O/c1-5-10-18-14(2)15-6-8-16(9-7-15)19-11-12-20-17(3,4)13-19/h6-9,14,18H,5,10-13H2,1-4H3. The average Bonchev–Trinajstić information content (AvgIpc) is 2.44. The van der Waals surface area contributed by atoms with Crippen LogP contribution in [0.1, 0.15) is 45.7 Å². The lowest BCUT2D eigenvalue weighted by atomic mass is 10.0. The van der Waals surface area contributed by atoms with E-state index in [1.54, 1.807) is 0 Å². The van der Waals surface area contributed by atoms with Crippen molar-refractivity contribution in [1.29, 1.82) is 0 Å². The summed E-state index contributed by atoms with van der Waals surface area (Å²) >= 11 is 0. The largest absolute Gasteiger partial charge is 0.372 e. The lowest BCUT2D eigenvalue weighted by Crippen LogP contribution is -2.48. The minimum Gasteiger partial charge on any atom is -0.372 e. The summed E-state index contributed by atoms with van der Waals surface area (Å²) in [7, 11) is 0. The summed E-state index contributed by atoms with van der Waals surface area (Å²) in [6, 6.07) is 9.38. The van der Waals surface area contributed by atoms with Crippen LogP contribution in [0.5, 0.6) is 0 Å². The van der Waals surface area contributed by atoms with Crippen LogP contribution in [0, 0.1) is 0 Å². The van der Waals surface area contributed by atoms with Crippen LogP contribution in [0.15, 0.2) is 24.3 Å². The highest BCUT2D eigenvalue weighted by atomic mass is 16.5. The zero-order valence-electron chi connectivity index (χ0n) is 13.3. The number of anilines is 1. The van der Waals surface area contributed by atoms with Crippen molar-refractivity contribution >= 4 is 5.69 Å². The Hall–Kier alpha value is -1.06. The van der Waals surface area contributed by atoms with Crippen molar-refractivity contribution in [3.63, 3.8) is 0 Å². The first-order valence-electron chi connectivity index (χ1n) is 7.74. The topological polar surface area (TPSA) is 24.5 Å². The Morgan fingerprint density at radius 3 is 2.60 bits per heavy atom. The van der Waals surface area contributed by atoms with Gasteiger partial charge in [-0.2, -0.15) is 0 Å². The van der Waals surface area contributed by atoms with Gasteiger partial charge in [0.2, 0.25) is 0 Å². The smallest absolute Gasteiger partial charge is 0.0801 e. The van der Waals surface area contributed by atoms with E-state index < -0.39 is 0 Å². The molecular formula is C17H28N2O. The molecule has 0 spiro atoms. The molecule has 1 aromatic rings. The molecule has 0 radical (unpaired) electrons. The van der Waals surface area contributed by atoms with E-state index in [9.17, 15) is 0 Å². The molecule has 3 heteroatoms. The van der Waals surface area contributed by atoms with Crippen LogP contribution < -0.4 is 10.2 Å². The minimum absolute atomic E-state index is 0.0487. The monoisotopic (exact) mass is 276 g/mol. The first kappa shape index (κ1) is 15.3. The quantitative estimate of drug-likeness (QED) is 0.892. The summed E-state index contributed by atoms with van der Waals surface area (Å²) in [6.45, 7) is 12.5. The molecule has 0 aliphatic carbocycles. The first-order valence-corrected chi connectivity index (χ1v) is 7.74. The number of ether oxygens (including phenoxy) is 1. The van der Waals surface area contributed by atoms with Crippen LogP contribution in [0.4, 0.5) is 5.69 Å². The fraction of sp³-hybridized carbons (Fsp3) is 0.647.